The number of fused-ring (bicyclic) bond motifs is 1. The van der Waals surface area contributed by atoms with Gasteiger partial charge in [-0.3, -0.25) is 4.79 Å². The Morgan fingerprint density at radius 3 is 2.95 bits per heavy atom. The van der Waals surface area contributed by atoms with Crippen LogP contribution < -0.4 is 11.0 Å². The van der Waals surface area contributed by atoms with Crippen molar-refractivity contribution in [1.82, 2.24) is 24.5 Å². The Kier molecular flexibility index (Phi) is 3.59. The molecule has 0 spiro atoms. The number of aromatic amines is 1. The minimum atomic E-state index is -0.300. The summed E-state index contributed by atoms with van der Waals surface area (Å²) in [6, 6.07) is 1.69. The molecule has 1 aliphatic rings. The number of H-pyrrole nitrogens is 1. The van der Waals surface area contributed by atoms with Gasteiger partial charge in [-0.15, -0.1) is 0 Å². The first-order valence-electron chi connectivity index (χ1n) is 7.11. The SMILES string of the molecule is Cc1nc(NCCC(=O)N2CCCC2)cc2n[nH]c(=O)n12. The number of anilines is 1. The zero-order chi connectivity index (χ0) is 14.8. The van der Waals surface area contributed by atoms with Gasteiger partial charge in [0.15, 0.2) is 5.65 Å². The fourth-order valence-corrected chi connectivity index (χ4v) is 2.61. The molecule has 1 saturated heterocycles. The summed E-state index contributed by atoms with van der Waals surface area (Å²) in [7, 11) is 0. The molecule has 2 aromatic heterocycles. The number of rotatable bonds is 4. The average Bonchev–Trinajstić information content (AvgIpc) is 3.09. The van der Waals surface area contributed by atoms with Gasteiger partial charge in [0.1, 0.15) is 11.6 Å². The lowest BCUT2D eigenvalue weighted by atomic mass is 10.3. The van der Waals surface area contributed by atoms with Gasteiger partial charge in [-0.25, -0.2) is 19.3 Å². The first-order chi connectivity index (χ1) is 10.1. The molecule has 0 bridgehead atoms. The number of nitrogens with zero attached hydrogens (tertiary/aromatic N) is 4. The molecule has 3 rings (SSSR count). The monoisotopic (exact) mass is 290 g/mol. The first-order valence-corrected chi connectivity index (χ1v) is 7.11. The number of carbonyl (C=O) groups is 1. The minimum Gasteiger partial charge on any atom is -0.369 e. The molecule has 0 unspecified atom stereocenters. The number of aromatic nitrogens is 4. The Morgan fingerprint density at radius 1 is 1.43 bits per heavy atom. The van der Waals surface area contributed by atoms with Crippen molar-refractivity contribution in [2.75, 3.05) is 25.0 Å². The standard InChI is InChI=1S/C13H18N6O2/c1-9-15-10(8-11-16-17-13(21)19(9)11)14-5-4-12(20)18-6-2-3-7-18/h8,14H,2-7H2,1H3,(H,17,21). The van der Waals surface area contributed by atoms with Crippen LogP contribution in [0.15, 0.2) is 10.9 Å². The molecular formula is C13H18N6O2. The summed E-state index contributed by atoms with van der Waals surface area (Å²) >= 11 is 0. The summed E-state index contributed by atoms with van der Waals surface area (Å²) in [5, 5.41) is 9.41. The van der Waals surface area contributed by atoms with Crippen LogP contribution in [0.3, 0.4) is 0 Å². The van der Waals surface area contributed by atoms with E-state index in [0.717, 1.165) is 25.9 Å². The number of nitrogens with one attached hydrogen (secondary N) is 2. The van der Waals surface area contributed by atoms with E-state index in [1.807, 2.05) is 4.90 Å². The van der Waals surface area contributed by atoms with Crippen molar-refractivity contribution < 1.29 is 4.79 Å². The molecule has 21 heavy (non-hydrogen) atoms. The largest absolute Gasteiger partial charge is 0.369 e. The Hall–Kier alpha value is -2.38. The van der Waals surface area contributed by atoms with Gasteiger partial charge >= 0.3 is 5.69 Å². The van der Waals surface area contributed by atoms with Crippen LogP contribution in [0.4, 0.5) is 5.82 Å². The number of aryl methyl sites for hydroxylation is 1. The van der Waals surface area contributed by atoms with Crippen molar-refractivity contribution in [1.29, 1.82) is 0 Å². The van der Waals surface area contributed by atoms with Gasteiger partial charge in [-0.2, -0.15) is 5.10 Å². The van der Waals surface area contributed by atoms with E-state index in [9.17, 15) is 9.59 Å². The topological polar surface area (TPSA) is 95.4 Å². The summed E-state index contributed by atoms with van der Waals surface area (Å²) in [6.45, 7) is 4.01. The van der Waals surface area contributed by atoms with E-state index in [0.29, 0.717) is 30.3 Å². The number of likely N-dealkylation sites (tertiary alicyclic amines) is 1. The van der Waals surface area contributed by atoms with Crippen LogP contribution >= 0.6 is 0 Å². The van der Waals surface area contributed by atoms with E-state index in [-0.39, 0.29) is 11.6 Å². The predicted molar refractivity (Wildman–Crippen MR) is 77.3 cm³/mol. The third kappa shape index (κ3) is 2.74. The maximum atomic E-state index is 11.9. The zero-order valence-corrected chi connectivity index (χ0v) is 11.9. The van der Waals surface area contributed by atoms with Crippen molar-refractivity contribution in [3.05, 3.63) is 22.4 Å². The van der Waals surface area contributed by atoms with E-state index in [4.69, 9.17) is 0 Å². The molecule has 2 N–H and O–H groups in total. The molecule has 1 aliphatic heterocycles. The van der Waals surface area contributed by atoms with Crippen molar-refractivity contribution in [3.8, 4) is 0 Å². The molecule has 0 radical (unpaired) electrons. The Morgan fingerprint density at radius 2 is 2.19 bits per heavy atom. The Bertz CT molecular complexity index is 713. The van der Waals surface area contributed by atoms with E-state index >= 15 is 0 Å². The number of amides is 1. The molecule has 1 fully saturated rings. The fourth-order valence-electron chi connectivity index (χ4n) is 2.61. The van der Waals surface area contributed by atoms with Crippen LogP contribution in [0.2, 0.25) is 0 Å². The summed E-state index contributed by atoms with van der Waals surface area (Å²) in [5.74, 6) is 1.35. The number of hydrogen-bond donors (Lipinski definition) is 2. The lowest BCUT2D eigenvalue weighted by Gasteiger charge is -2.15. The molecule has 8 nitrogen and oxygen atoms in total. The van der Waals surface area contributed by atoms with Gasteiger partial charge in [-0.05, 0) is 19.8 Å². The van der Waals surface area contributed by atoms with Crippen LogP contribution in [0.25, 0.3) is 5.65 Å². The number of carbonyl (C=O) groups excluding carboxylic acids is 1. The van der Waals surface area contributed by atoms with Gasteiger partial charge in [0.25, 0.3) is 0 Å². The second-order valence-electron chi connectivity index (χ2n) is 5.18. The maximum Gasteiger partial charge on any atom is 0.349 e. The van der Waals surface area contributed by atoms with Crippen LogP contribution in [0.1, 0.15) is 25.1 Å². The Labute approximate surface area is 121 Å². The normalized spacial score (nSPS) is 14.8. The molecule has 0 saturated carbocycles. The van der Waals surface area contributed by atoms with Crippen molar-refractivity contribution in [2.24, 2.45) is 0 Å². The third-order valence-corrected chi connectivity index (χ3v) is 3.67. The highest BCUT2D eigenvalue weighted by atomic mass is 16.2. The fraction of sp³-hybridized carbons (Fsp3) is 0.538. The van der Waals surface area contributed by atoms with Crippen molar-refractivity contribution >= 4 is 17.4 Å². The molecule has 1 amide bonds. The van der Waals surface area contributed by atoms with Gasteiger partial charge in [0.05, 0.1) is 0 Å². The highest BCUT2D eigenvalue weighted by Crippen LogP contribution is 2.10. The quantitative estimate of drug-likeness (QED) is 0.835. The number of hydrogen-bond acceptors (Lipinski definition) is 5. The van der Waals surface area contributed by atoms with Gasteiger partial charge in [-0.1, -0.05) is 0 Å². The Balaban J connectivity index is 1.63. The second-order valence-corrected chi connectivity index (χ2v) is 5.18. The van der Waals surface area contributed by atoms with E-state index in [1.165, 1.54) is 4.40 Å². The molecule has 2 aromatic rings. The van der Waals surface area contributed by atoms with E-state index in [1.54, 1.807) is 13.0 Å². The molecular weight excluding hydrogens is 272 g/mol. The average molecular weight is 290 g/mol. The zero-order valence-electron chi connectivity index (χ0n) is 11.9. The highest BCUT2D eigenvalue weighted by molar-refractivity contribution is 5.76. The lowest BCUT2D eigenvalue weighted by Crippen LogP contribution is -2.29. The molecule has 3 heterocycles. The first kappa shape index (κ1) is 13.6. The summed E-state index contributed by atoms with van der Waals surface area (Å²) in [6.07, 6.45) is 2.65. The van der Waals surface area contributed by atoms with Crippen molar-refractivity contribution in [3.63, 3.8) is 0 Å². The van der Waals surface area contributed by atoms with Crippen LogP contribution in [0, 0.1) is 6.92 Å². The van der Waals surface area contributed by atoms with Crippen molar-refractivity contribution in [2.45, 2.75) is 26.2 Å². The summed E-state index contributed by atoms with van der Waals surface area (Å²) in [5.41, 5.74) is 0.214. The van der Waals surface area contributed by atoms with E-state index < -0.39 is 0 Å². The van der Waals surface area contributed by atoms with Gasteiger partial charge < -0.3 is 10.2 Å². The van der Waals surface area contributed by atoms with Crippen LogP contribution in [-0.2, 0) is 4.79 Å². The molecule has 0 aliphatic carbocycles. The molecule has 8 heteroatoms. The minimum absolute atomic E-state index is 0.175. The van der Waals surface area contributed by atoms with Gasteiger partial charge in [0.2, 0.25) is 5.91 Å². The van der Waals surface area contributed by atoms with Gasteiger partial charge in [0, 0.05) is 32.1 Å². The second kappa shape index (κ2) is 5.55. The molecule has 0 atom stereocenters. The summed E-state index contributed by atoms with van der Waals surface area (Å²) < 4.78 is 1.40. The lowest BCUT2D eigenvalue weighted by molar-refractivity contribution is -0.129. The smallest absolute Gasteiger partial charge is 0.349 e. The van der Waals surface area contributed by atoms with E-state index in [2.05, 4.69) is 20.5 Å². The predicted octanol–water partition coefficient (Wildman–Crippen LogP) is 0.150. The highest BCUT2D eigenvalue weighted by Gasteiger charge is 2.17. The van der Waals surface area contributed by atoms with Crippen LogP contribution in [0.5, 0.6) is 0 Å². The molecule has 112 valence electrons. The third-order valence-electron chi connectivity index (χ3n) is 3.67. The summed E-state index contributed by atoms with van der Waals surface area (Å²) in [4.78, 5) is 29.6. The van der Waals surface area contributed by atoms with Crippen LogP contribution in [-0.4, -0.2) is 50.0 Å². The molecule has 0 aromatic carbocycles. The maximum absolute atomic E-state index is 11.9.